The van der Waals surface area contributed by atoms with Crippen molar-refractivity contribution >= 4 is 71.6 Å². The molecular weight excluding hydrogens is 415 g/mol. The van der Waals surface area contributed by atoms with Crippen LogP contribution in [0.5, 0.6) is 0 Å². The molecule has 2 aromatic heterocycles. The van der Waals surface area contributed by atoms with E-state index in [0.717, 1.165) is 13.0 Å². The Balaban J connectivity index is 2.09. The van der Waals surface area contributed by atoms with Crippen LogP contribution < -0.4 is 0 Å². The molecule has 6 heteroatoms. The van der Waals surface area contributed by atoms with Crippen molar-refractivity contribution in [3.63, 3.8) is 0 Å². The second-order valence-corrected chi connectivity index (χ2v) is 8.05. The number of carbonyl (C=O) groups excluding carboxylic acids is 1. The van der Waals surface area contributed by atoms with Crippen molar-refractivity contribution in [2.75, 3.05) is 0 Å². The first-order valence-electron chi connectivity index (χ1n) is 5.23. The maximum Gasteiger partial charge on any atom is 0.230 e. The summed E-state index contributed by atoms with van der Waals surface area (Å²) in [5, 5.41) is 1.44. The highest BCUT2D eigenvalue weighted by Crippen LogP contribution is 2.34. The van der Waals surface area contributed by atoms with Crippen molar-refractivity contribution < 1.29 is 9.21 Å². The zero-order chi connectivity index (χ0) is 13.6. The lowest BCUT2D eigenvalue weighted by atomic mass is 10.1. The number of ketones is 1. The van der Waals surface area contributed by atoms with Crippen LogP contribution in [0.2, 0.25) is 5.02 Å². The van der Waals surface area contributed by atoms with Crippen LogP contribution in [0.25, 0.3) is 11.0 Å². The molecule has 0 atom stereocenters. The van der Waals surface area contributed by atoms with E-state index in [2.05, 4.69) is 31.9 Å². The maximum absolute atomic E-state index is 12.4. The van der Waals surface area contributed by atoms with Crippen LogP contribution in [0, 0.1) is 0 Å². The van der Waals surface area contributed by atoms with E-state index in [1.807, 2.05) is 0 Å². The number of carbonyl (C=O) groups is 1. The molecule has 3 rings (SSSR count). The molecule has 2 heterocycles. The number of halogens is 3. The summed E-state index contributed by atoms with van der Waals surface area (Å²) in [6.07, 6.45) is 0. The molecule has 0 bridgehead atoms. The largest absolute Gasteiger partial charge is 0.453 e. The highest BCUT2D eigenvalue weighted by Gasteiger charge is 2.19. The molecule has 0 radical (unpaired) electrons. The van der Waals surface area contributed by atoms with E-state index in [1.54, 1.807) is 30.3 Å². The second-order valence-electron chi connectivity index (χ2n) is 3.86. The van der Waals surface area contributed by atoms with Crippen molar-refractivity contribution in [2.24, 2.45) is 0 Å². The summed E-state index contributed by atoms with van der Waals surface area (Å²) < 4.78 is 7.23. The fourth-order valence-electron chi connectivity index (χ4n) is 1.75. The van der Waals surface area contributed by atoms with E-state index in [1.165, 1.54) is 11.3 Å². The molecule has 3 aromatic rings. The molecule has 19 heavy (non-hydrogen) atoms. The highest BCUT2D eigenvalue weighted by atomic mass is 79.9. The van der Waals surface area contributed by atoms with E-state index < -0.39 is 0 Å². The van der Waals surface area contributed by atoms with Crippen LogP contribution in [-0.4, -0.2) is 5.78 Å². The molecule has 0 fully saturated rings. The Labute approximate surface area is 134 Å². The second kappa shape index (κ2) is 5.05. The number of thiophene rings is 1. The van der Waals surface area contributed by atoms with Gasteiger partial charge >= 0.3 is 0 Å². The number of rotatable bonds is 2. The van der Waals surface area contributed by atoms with Crippen molar-refractivity contribution in [1.82, 2.24) is 0 Å². The van der Waals surface area contributed by atoms with E-state index in [4.69, 9.17) is 16.0 Å². The minimum Gasteiger partial charge on any atom is -0.453 e. The van der Waals surface area contributed by atoms with Gasteiger partial charge in [-0.05, 0) is 62.2 Å². The topological polar surface area (TPSA) is 30.2 Å². The maximum atomic E-state index is 12.4. The Morgan fingerprint density at radius 3 is 2.68 bits per heavy atom. The first kappa shape index (κ1) is 13.4. The molecule has 2 nitrogen and oxygen atoms in total. The van der Waals surface area contributed by atoms with Crippen LogP contribution >= 0.6 is 54.8 Å². The predicted octanol–water partition coefficient (Wildman–Crippen LogP) is 5.90. The van der Waals surface area contributed by atoms with Crippen LogP contribution in [0.4, 0.5) is 0 Å². The smallest absolute Gasteiger partial charge is 0.230 e. The first-order chi connectivity index (χ1) is 9.04. The molecule has 0 aliphatic heterocycles. The molecule has 1 aromatic carbocycles. The van der Waals surface area contributed by atoms with Gasteiger partial charge < -0.3 is 4.42 Å². The number of hydrogen-bond acceptors (Lipinski definition) is 3. The van der Waals surface area contributed by atoms with Crippen LogP contribution in [0.1, 0.15) is 16.1 Å². The summed E-state index contributed by atoms with van der Waals surface area (Å²) in [5.74, 6) is 0.157. The van der Waals surface area contributed by atoms with Gasteiger partial charge in [-0.3, -0.25) is 4.79 Å². The van der Waals surface area contributed by atoms with Crippen molar-refractivity contribution in [2.45, 2.75) is 0 Å². The third kappa shape index (κ3) is 2.52. The molecule has 0 amide bonds. The summed E-state index contributed by atoms with van der Waals surface area (Å²) in [6.45, 7) is 0. The van der Waals surface area contributed by atoms with Crippen LogP contribution in [-0.2, 0) is 0 Å². The Hall–Kier alpha value is -0.620. The summed E-state index contributed by atoms with van der Waals surface area (Å²) >= 11 is 14.1. The Kier molecular flexibility index (Phi) is 3.55. The summed E-state index contributed by atoms with van der Waals surface area (Å²) in [6, 6.07) is 8.75. The lowest BCUT2D eigenvalue weighted by Crippen LogP contribution is -1.97. The van der Waals surface area contributed by atoms with E-state index in [0.29, 0.717) is 21.9 Å². The number of furan rings is 1. The van der Waals surface area contributed by atoms with Gasteiger partial charge in [0.2, 0.25) is 5.78 Å². The summed E-state index contributed by atoms with van der Waals surface area (Å²) in [7, 11) is 0. The van der Waals surface area contributed by atoms with Gasteiger partial charge in [0.25, 0.3) is 0 Å². The Bertz CT molecular complexity index is 791. The Morgan fingerprint density at radius 1 is 1.21 bits per heavy atom. The molecule has 96 valence electrons. The third-order valence-corrected chi connectivity index (χ3v) is 5.18. The molecule has 0 spiro atoms. The van der Waals surface area contributed by atoms with E-state index in [-0.39, 0.29) is 5.78 Å². The van der Waals surface area contributed by atoms with Crippen molar-refractivity contribution in [3.05, 3.63) is 54.3 Å². The predicted molar refractivity (Wildman–Crippen MR) is 84.4 cm³/mol. The molecule has 0 saturated heterocycles. The van der Waals surface area contributed by atoms with Gasteiger partial charge in [0.1, 0.15) is 5.58 Å². The zero-order valence-electron chi connectivity index (χ0n) is 9.25. The van der Waals surface area contributed by atoms with Crippen LogP contribution in [0.3, 0.4) is 0 Å². The molecule has 0 aliphatic carbocycles. The zero-order valence-corrected chi connectivity index (χ0v) is 14.0. The molecule has 0 N–H and O–H groups in total. The molecule has 0 saturated carbocycles. The highest BCUT2D eigenvalue weighted by molar-refractivity contribution is 9.12. The standard InChI is InChI=1S/C13H5Br2ClO2S/c14-11-5-8(13(15)19-11)12(17)10-4-6-3-7(16)1-2-9(6)18-10/h1-5H. The number of hydrogen-bond donors (Lipinski definition) is 0. The average Bonchev–Trinajstić information content (AvgIpc) is 2.91. The Morgan fingerprint density at radius 2 is 2.00 bits per heavy atom. The van der Waals surface area contributed by atoms with Gasteiger partial charge in [-0.15, -0.1) is 11.3 Å². The quantitative estimate of drug-likeness (QED) is 0.483. The van der Waals surface area contributed by atoms with E-state index in [9.17, 15) is 4.79 Å². The average molecular weight is 421 g/mol. The van der Waals surface area contributed by atoms with Gasteiger partial charge in [-0.25, -0.2) is 0 Å². The fourth-order valence-corrected chi connectivity index (χ4v) is 4.73. The summed E-state index contributed by atoms with van der Waals surface area (Å²) in [4.78, 5) is 12.4. The van der Waals surface area contributed by atoms with Crippen molar-refractivity contribution in [3.8, 4) is 0 Å². The van der Waals surface area contributed by atoms with Gasteiger partial charge in [-0.2, -0.15) is 0 Å². The van der Waals surface area contributed by atoms with Crippen LogP contribution in [0.15, 0.2) is 42.3 Å². The SMILES string of the molecule is O=C(c1cc2cc(Cl)ccc2o1)c1cc(Br)sc1Br. The van der Waals surface area contributed by atoms with Gasteiger partial charge in [0.15, 0.2) is 5.76 Å². The minimum atomic E-state index is -0.152. The molecular formula is C13H5Br2ClO2S. The third-order valence-electron chi connectivity index (χ3n) is 2.60. The van der Waals surface area contributed by atoms with Crippen molar-refractivity contribution in [1.29, 1.82) is 0 Å². The van der Waals surface area contributed by atoms with Gasteiger partial charge in [0, 0.05) is 10.4 Å². The minimum absolute atomic E-state index is 0.152. The molecule has 0 aliphatic rings. The lowest BCUT2D eigenvalue weighted by molar-refractivity contribution is 0.101. The fraction of sp³-hybridized carbons (Fsp3) is 0. The number of fused-ring (bicyclic) bond motifs is 1. The van der Waals surface area contributed by atoms with Gasteiger partial charge in [-0.1, -0.05) is 11.6 Å². The first-order valence-corrected chi connectivity index (χ1v) is 8.01. The molecule has 0 unspecified atom stereocenters. The van der Waals surface area contributed by atoms with Gasteiger partial charge in [0.05, 0.1) is 13.1 Å². The van der Waals surface area contributed by atoms with E-state index >= 15 is 0 Å². The normalized spacial score (nSPS) is 11.1. The monoisotopic (exact) mass is 418 g/mol. The number of benzene rings is 1. The lowest BCUT2D eigenvalue weighted by Gasteiger charge is -1.93. The summed E-state index contributed by atoms with van der Waals surface area (Å²) in [5.41, 5.74) is 1.24.